The van der Waals surface area contributed by atoms with E-state index < -0.39 is 0 Å². The molecule has 0 spiro atoms. The standard InChI is InChI=1S/C15H19N3/c1-10-5-14(4-3-12(10)6-16)18-9-13-7-17-8-15(13)11(18)2/h3-5,11,13,15,17H,7-9H2,1-2H3. The Kier molecular flexibility index (Phi) is 2.76. The van der Waals surface area contributed by atoms with Crippen molar-refractivity contribution in [3.8, 4) is 6.07 Å². The molecule has 0 aliphatic carbocycles. The van der Waals surface area contributed by atoms with Crippen molar-refractivity contribution in [1.82, 2.24) is 5.32 Å². The van der Waals surface area contributed by atoms with Gasteiger partial charge in [0.25, 0.3) is 0 Å². The molecule has 3 heteroatoms. The van der Waals surface area contributed by atoms with Crippen LogP contribution in [0, 0.1) is 30.1 Å². The summed E-state index contributed by atoms with van der Waals surface area (Å²) in [5.74, 6) is 1.57. The van der Waals surface area contributed by atoms with E-state index in [9.17, 15) is 0 Å². The molecule has 0 amide bonds. The Morgan fingerprint density at radius 3 is 2.89 bits per heavy atom. The Labute approximate surface area is 108 Å². The molecular formula is C15H19N3. The molecule has 2 saturated heterocycles. The van der Waals surface area contributed by atoms with Crippen LogP contribution in [-0.2, 0) is 0 Å². The highest BCUT2D eigenvalue weighted by Gasteiger charge is 2.41. The first-order chi connectivity index (χ1) is 8.70. The summed E-state index contributed by atoms with van der Waals surface area (Å²) in [6.07, 6.45) is 0. The maximum atomic E-state index is 8.99. The van der Waals surface area contributed by atoms with Gasteiger partial charge in [-0.15, -0.1) is 0 Å². The van der Waals surface area contributed by atoms with Crippen LogP contribution in [0.3, 0.4) is 0 Å². The summed E-state index contributed by atoms with van der Waals surface area (Å²) in [6, 6.07) is 9.03. The van der Waals surface area contributed by atoms with Gasteiger partial charge in [0.05, 0.1) is 11.6 Å². The maximum absolute atomic E-state index is 8.99. The molecule has 0 bridgehead atoms. The summed E-state index contributed by atoms with van der Waals surface area (Å²) in [7, 11) is 0. The summed E-state index contributed by atoms with van der Waals surface area (Å²) in [5.41, 5.74) is 3.14. The Morgan fingerprint density at radius 2 is 2.22 bits per heavy atom. The van der Waals surface area contributed by atoms with Gasteiger partial charge in [-0.2, -0.15) is 5.26 Å². The lowest BCUT2D eigenvalue weighted by Gasteiger charge is -2.27. The van der Waals surface area contributed by atoms with Crippen molar-refractivity contribution in [2.24, 2.45) is 11.8 Å². The van der Waals surface area contributed by atoms with Gasteiger partial charge in [0.2, 0.25) is 0 Å². The van der Waals surface area contributed by atoms with Gasteiger partial charge in [0.1, 0.15) is 0 Å². The van der Waals surface area contributed by atoms with Crippen LogP contribution in [-0.4, -0.2) is 25.7 Å². The molecule has 3 nitrogen and oxygen atoms in total. The zero-order valence-corrected chi connectivity index (χ0v) is 11.0. The summed E-state index contributed by atoms with van der Waals surface area (Å²) >= 11 is 0. The van der Waals surface area contributed by atoms with Crippen LogP contribution in [0.2, 0.25) is 0 Å². The minimum atomic E-state index is 0.595. The van der Waals surface area contributed by atoms with Crippen molar-refractivity contribution in [1.29, 1.82) is 5.26 Å². The topological polar surface area (TPSA) is 39.1 Å². The third-order valence-corrected chi connectivity index (χ3v) is 4.60. The lowest BCUT2D eigenvalue weighted by Crippen LogP contribution is -2.33. The second kappa shape index (κ2) is 4.29. The summed E-state index contributed by atoms with van der Waals surface area (Å²) < 4.78 is 0. The van der Waals surface area contributed by atoms with Crippen LogP contribution in [0.1, 0.15) is 18.1 Å². The third-order valence-electron chi connectivity index (χ3n) is 4.60. The fourth-order valence-electron chi connectivity index (χ4n) is 3.46. The van der Waals surface area contributed by atoms with E-state index in [-0.39, 0.29) is 0 Å². The zero-order valence-electron chi connectivity index (χ0n) is 11.0. The zero-order chi connectivity index (χ0) is 12.7. The molecule has 0 saturated carbocycles. The molecular weight excluding hydrogens is 222 g/mol. The molecule has 2 fully saturated rings. The average molecular weight is 241 g/mol. The fourth-order valence-corrected chi connectivity index (χ4v) is 3.46. The number of aryl methyl sites for hydroxylation is 1. The van der Waals surface area contributed by atoms with E-state index in [0.717, 1.165) is 42.6 Å². The minimum absolute atomic E-state index is 0.595. The van der Waals surface area contributed by atoms with Crippen molar-refractivity contribution >= 4 is 5.69 Å². The molecule has 2 aliphatic heterocycles. The Morgan fingerprint density at radius 1 is 1.39 bits per heavy atom. The number of nitrogens with zero attached hydrogens (tertiary/aromatic N) is 2. The lowest BCUT2D eigenvalue weighted by molar-refractivity contribution is 0.471. The van der Waals surface area contributed by atoms with Gasteiger partial charge in [-0.3, -0.25) is 0 Å². The van der Waals surface area contributed by atoms with Gasteiger partial charge in [0, 0.05) is 31.4 Å². The number of hydrogen-bond donors (Lipinski definition) is 1. The largest absolute Gasteiger partial charge is 0.368 e. The first-order valence-corrected chi connectivity index (χ1v) is 6.69. The van der Waals surface area contributed by atoms with E-state index in [1.807, 2.05) is 13.0 Å². The first-order valence-electron chi connectivity index (χ1n) is 6.69. The fraction of sp³-hybridized carbons (Fsp3) is 0.533. The van der Waals surface area contributed by atoms with Crippen LogP contribution in [0.15, 0.2) is 18.2 Å². The first kappa shape index (κ1) is 11.6. The highest BCUT2D eigenvalue weighted by Crippen LogP contribution is 2.36. The van der Waals surface area contributed by atoms with E-state index in [1.165, 1.54) is 5.69 Å². The number of hydrogen-bond acceptors (Lipinski definition) is 3. The van der Waals surface area contributed by atoms with Crippen molar-refractivity contribution < 1.29 is 0 Å². The molecule has 3 unspecified atom stereocenters. The average Bonchev–Trinajstić information content (AvgIpc) is 2.93. The van der Waals surface area contributed by atoms with E-state index in [1.54, 1.807) is 0 Å². The van der Waals surface area contributed by atoms with Crippen LogP contribution >= 0.6 is 0 Å². The third kappa shape index (κ3) is 1.69. The SMILES string of the molecule is Cc1cc(N2CC3CNCC3C2C)ccc1C#N. The number of fused-ring (bicyclic) bond motifs is 1. The number of rotatable bonds is 1. The van der Waals surface area contributed by atoms with E-state index >= 15 is 0 Å². The van der Waals surface area contributed by atoms with E-state index in [0.29, 0.717) is 6.04 Å². The van der Waals surface area contributed by atoms with Gasteiger partial charge in [-0.05, 0) is 49.4 Å². The van der Waals surface area contributed by atoms with E-state index in [4.69, 9.17) is 5.26 Å². The number of benzene rings is 1. The summed E-state index contributed by atoms with van der Waals surface area (Å²) in [5, 5.41) is 12.5. The highest BCUT2D eigenvalue weighted by atomic mass is 15.2. The highest BCUT2D eigenvalue weighted by molar-refractivity contribution is 5.55. The molecule has 0 radical (unpaired) electrons. The second-order valence-electron chi connectivity index (χ2n) is 5.59. The van der Waals surface area contributed by atoms with Gasteiger partial charge in [-0.1, -0.05) is 0 Å². The minimum Gasteiger partial charge on any atom is -0.368 e. The lowest BCUT2D eigenvalue weighted by atomic mass is 9.95. The molecule has 18 heavy (non-hydrogen) atoms. The number of anilines is 1. The van der Waals surface area contributed by atoms with E-state index in [2.05, 4.69) is 35.3 Å². The van der Waals surface area contributed by atoms with Gasteiger partial charge in [0.15, 0.2) is 0 Å². The summed E-state index contributed by atoms with van der Waals surface area (Å²) in [6.45, 7) is 7.79. The van der Waals surface area contributed by atoms with Crippen molar-refractivity contribution in [3.63, 3.8) is 0 Å². The normalized spacial score (nSPS) is 30.3. The van der Waals surface area contributed by atoms with Gasteiger partial charge >= 0.3 is 0 Å². The predicted octanol–water partition coefficient (Wildman–Crippen LogP) is 1.91. The molecule has 1 aromatic carbocycles. The van der Waals surface area contributed by atoms with Crippen molar-refractivity contribution in [2.75, 3.05) is 24.5 Å². The molecule has 3 rings (SSSR count). The molecule has 0 aromatic heterocycles. The summed E-state index contributed by atoms with van der Waals surface area (Å²) in [4.78, 5) is 2.50. The van der Waals surface area contributed by atoms with Crippen LogP contribution in [0.25, 0.3) is 0 Å². The maximum Gasteiger partial charge on any atom is 0.0994 e. The Balaban J connectivity index is 1.88. The molecule has 2 heterocycles. The molecule has 2 aliphatic rings. The van der Waals surface area contributed by atoms with Gasteiger partial charge in [-0.25, -0.2) is 0 Å². The molecule has 1 aromatic rings. The molecule has 3 atom stereocenters. The van der Waals surface area contributed by atoms with Crippen LogP contribution in [0.5, 0.6) is 0 Å². The smallest absolute Gasteiger partial charge is 0.0994 e. The molecule has 1 N–H and O–H groups in total. The monoisotopic (exact) mass is 241 g/mol. The van der Waals surface area contributed by atoms with Crippen molar-refractivity contribution in [2.45, 2.75) is 19.9 Å². The Bertz CT molecular complexity index is 503. The van der Waals surface area contributed by atoms with Crippen LogP contribution in [0.4, 0.5) is 5.69 Å². The molecule has 94 valence electrons. The quantitative estimate of drug-likeness (QED) is 0.816. The predicted molar refractivity (Wildman–Crippen MR) is 72.6 cm³/mol. The second-order valence-corrected chi connectivity index (χ2v) is 5.59. The number of nitriles is 1. The number of nitrogens with one attached hydrogen (secondary N) is 1. The Hall–Kier alpha value is -1.53. The van der Waals surface area contributed by atoms with Crippen LogP contribution < -0.4 is 10.2 Å². The van der Waals surface area contributed by atoms with Crippen molar-refractivity contribution in [3.05, 3.63) is 29.3 Å². The van der Waals surface area contributed by atoms with Gasteiger partial charge < -0.3 is 10.2 Å².